The van der Waals surface area contributed by atoms with Gasteiger partial charge in [0.15, 0.2) is 5.16 Å². The number of hydrogen-bond donors (Lipinski definition) is 1. The van der Waals surface area contributed by atoms with Crippen molar-refractivity contribution in [1.29, 1.82) is 0 Å². The van der Waals surface area contributed by atoms with Crippen LogP contribution in [-0.4, -0.2) is 32.0 Å². The molecule has 0 spiro atoms. The summed E-state index contributed by atoms with van der Waals surface area (Å²) in [5.41, 5.74) is 0.776. The van der Waals surface area contributed by atoms with Crippen molar-refractivity contribution in [2.45, 2.75) is 75.8 Å². The first-order chi connectivity index (χ1) is 12.9. The van der Waals surface area contributed by atoms with Crippen LogP contribution in [0.15, 0.2) is 9.95 Å². The van der Waals surface area contributed by atoms with Crippen LogP contribution in [0.25, 0.3) is 10.2 Å². The van der Waals surface area contributed by atoms with Crippen LogP contribution in [0, 0.1) is 0 Å². The molecule has 1 aliphatic heterocycles. The Kier molecular flexibility index (Phi) is 5.07. The van der Waals surface area contributed by atoms with Gasteiger partial charge in [-0.25, -0.2) is 4.98 Å². The number of carbonyl (C=O) groups is 1. The standard InChI is InChI=1S/C19H24N2O4S2/c1-19(2)8-12-13(9-25-19)27-16-15(12)17(24)21(11-6-4-3-5-7-11)18(20-16)26-10-14(22)23/h11H,3-10H2,1-2H3,(H,22,23). The minimum atomic E-state index is -0.898. The fourth-order valence-corrected chi connectivity index (χ4v) is 6.01. The molecule has 2 aromatic heterocycles. The van der Waals surface area contributed by atoms with Gasteiger partial charge >= 0.3 is 5.97 Å². The number of nitrogens with zero attached hydrogens (tertiary/aromatic N) is 2. The van der Waals surface area contributed by atoms with Crippen LogP contribution in [-0.2, 0) is 22.6 Å². The predicted molar refractivity (Wildman–Crippen MR) is 107 cm³/mol. The Hall–Kier alpha value is -1.38. The molecule has 6 nitrogen and oxygen atoms in total. The topological polar surface area (TPSA) is 81.4 Å². The molecule has 146 valence electrons. The molecule has 4 rings (SSSR count). The summed E-state index contributed by atoms with van der Waals surface area (Å²) in [5.74, 6) is -0.989. The third-order valence-corrected chi connectivity index (χ3v) is 7.41. The molecule has 1 N–H and O–H groups in total. The second kappa shape index (κ2) is 7.22. The lowest BCUT2D eigenvalue weighted by molar-refractivity contribution is -0.133. The summed E-state index contributed by atoms with van der Waals surface area (Å²) >= 11 is 2.66. The van der Waals surface area contributed by atoms with Crippen molar-refractivity contribution in [3.8, 4) is 0 Å². The molecule has 2 aromatic rings. The van der Waals surface area contributed by atoms with E-state index in [4.69, 9.17) is 14.8 Å². The second-order valence-electron chi connectivity index (χ2n) is 7.95. The van der Waals surface area contributed by atoms with Crippen LogP contribution in [0.5, 0.6) is 0 Å². The first-order valence-electron chi connectivity index (χ1n) is 9.41. The quantitative estimate of drug-likeness (QED) is 0.608. The van der Waals surface area contributed by atoms with Gasteiger partial charge < -0.3 is 9.84 Å². The Morgan fingerprint density at radius 1 is 1.37 bits per heavy atom. The fraction of sp³-hybridized carbons (Fsp3) is 0.632. The van der Waals surface area contributed by atoms with E-state index in [2.05, 4.69) is 0 Å². The molecule has 3 heterocycles. The van der Waals surface area contributed by atoms with Gasteiger partial charge in [0.2, 0.25) is 0 Å². The number of carboxylic acid groups (broad SMARTS) is 1. The smallest absolute Gasteiger partial charge is 0.313 e. The third kappa shape index (κ3) is 3.67. The molecule has 0 unspecified atom stereocenters. The molecule has 0 amide bonds. The van der Waals surface area contributed by atoms with E-state index in [1.807, 2.05) is 13.8 Å². The molecule has 0 atom stereocenters. The average Bonchev–Trinajstić information content (AvgIpc) is 2.97. The average molecular weight is 409 g/mol. The number of aliphatic carboxylic acids is 1. The minimum Gasteiger partial charge on any atom is -0.481 e. The molecular weight excluding hydrogens is 384 g/mol. The number of thioether (sulfide) groups is 1. The van der Waals surface area contributed by atoms with Crippen molar-refractivity contribution in [3.63, 3.8) is 0 Å². The van der Waals surface area contributed by atoms with Crippen molar-refractivity contribution in [3.05, 3.63) is 20.8 Å². The zero-order valence-electron chi connectivity index (χ0n) is 15.6. The maximum atomic E-state index is 13.6. The molecule has 0 aromatic carbocycles. The van der Waals surface area contributed by atoms with Crippen molar-refractivity contribution in [2.75, 3.05) is 5.75 Å². The number of ether oxygens (including phenoxy) is 1. The van der Waals surface area contributed by atoms with Gasteiger partial charge in [-0.15, -0.1) is 11.3 Å². The van der Waals surface area contributed by atoms with Gasteiger partial charge in [-0.2, -0.15) is 0 Å². The summed E-state index contributed by atoms with van der Waals surface area (Å²) < 4.78 is 7.70. The number of hydrogen-bond acceptors (Lipinski definition) is 6. The molecule has 0 radical (unpaired) electrons. The number of carboxylic acids is 1. The number of rotatable bonds is 4. The Balaban J connectivity index is 1.88. The molecular formula is C19H24N2O4S2. The summed E-state index contributed by atoms with van der Waals surface area (Å²) in [4.78, 5) is 31.2. The molecule has 0 bridgehead atoms. The van der Waals surface area contributed by atoms with Gasteiger partial charge in [0.05, 0.1) is 23.3 Å². The van der Waals surface area contributed by atoms with Crippen molar-refractivity contribution in [1.82, 2.24) is 9.55 Å². The Morgan fingerprint density at radius 3 is 2.81 bits per heavy atom. The summed E-state index contributed by atoms with van der Waals surface area (Å²) in [6, 6.07) is 0.114. The largest absolute Gasteiger partial charge is 0.481 e. The lowest BCUT2D eigenvalue weighted by Gasteiger charge is -2.30. The highest BCUT2D eigenvalue weighted by Gasteiger charge is 2.32. The van der Waals surface area contributed by atoms with Crippen molar-refractivity contribution >= 4 is 39.3 Å². The first-order valence-corrected chi connectivity index (χ1v) is 11.2. The van der Waals surface area contributed by atoms with Gasteiger partial charge in [-0.05, 0) is 32.3 Å². The monoisotopic (exact) mass is 408 g/mol. The van der Waals surface area contributed by atoms with Gasteiger partial charge in [0.25, 0.3) is 5.56 Å². The van der Waals surface area contributed by atoms with Crippen LogP contribution in [0.2, 0.25) is 0 Å². The van der Waals surface area contributed by atoms with Gasteiger partial charge in [-0.3, -0.25) is 14.2 Å². The molecule has 8 heteroatoms. The zero-order valence-corrected chi connectivity index (χ0v) is 17.3. The van der Waals surface area contributed by atoms with E-state index in [0.717, 1.165) is 53.3 Å². The van der Waals surface area contributed by atoms with Gasteiger partial charge in [-0.1, -0.05) is 31.0 Å². The highest BCUT2D eigenvalue weighted by atomic mass is 32.2. The molecule has 1 fully saturated rings. The molecule has 27 heavy (non-hydrogen) atoms. The van der Waals surface area contributed by atoms with Crippen LogP contribution >= 0.6 is 23.1 Å². The maximum Gasteiger partial charge on any atom is 0.313 e. The normalized spacial score (nSPS) is 19.9. The van der Waals surface area contributed by atoms with Crippen molar-refractivity contribution in [2.24, 2.45) is 0 Å². The van der Waals surface area contributed by atoms with Crippen LogP contribution in [0.3, 0.4) is 0 Å². The lowest BCUT2D eigenvalue weighted by atomic mass is 9.93. The van der Waals surface area contributed by atoms with E-state index in [1.165, 1.54) is 17.8 Å². The molecule has 2 aliphatic rings. The molecule has 1 saturated carbocycles. The van der Waals surface area contributed by atoms with Crippen LogP contribution < -0.4 is 5.56 Å². The summed E-state index contributed by atoms with van der Waals surface area (Å²) in [6.45, 7) is 4.59. The molecule has 0 saturated heterocycles. The Morgan fingerprint density at radius 2 is 2.11 bits per heavy atom. The number of fused-ring (bicyclic) bond motifs is 3. The van der Waals surface area contributed by atoms with E-state index in [0.29, 0.717) is 23.0 Å². The maximum absolute atomic E-state index is 13.6. The Bertz CT molecular complexity index is 941. The number of aromatic nitrogens is 2. The van der Waals surface area contributed by atoms with Crippen molar-refractivity contribution < 1.29 is 14.6 Å². The summed E-state index contributed by atoms with van der Waals surface area (Å²) in [5, 5.41) is 10.4. The minimum absolute atomic E-state index is 0.00464. The third-order valence-electron chi connectivity index (χ3n) is 5.37. The van der Waals surface area contributed by atoms with Gasteiger partial charge in [0, 0.05) is 17.3 Å². The Labute approximate surface area is 165 Å². The van der Waals surface area contributed by atoms with E-state index < -0.39 is 5.97 Å². The first kappa shape index (κ1) is 19.0. The SMILES string of the molecule is CC1(C)Cc2c(sc3nc(SCC(=O)O)n(C4CCCCC4)c(=O)c23)CO1. The lowest BCUT2D eigenvalue weighted by Crippen LogP contribution is -2.33. The van der Waals surface area contributed by atoms with E-state index in [-0.39, 0.29) is 23.0 Å². The highest BCUT2D eigenvalue weighted by Crippen LogP contribution is 2.39. The molecule has 1 aliphatic carbocycles. The van der Waals surface area contributed by atoms with Crippen LogP contribution in [0.1, 0.15) is 62.4 Å². The fourth-order valence-electron chi connectivity index (χ4n) is 4.08. The van der Waals surface area contributed by atoms with E-state index >= 15 is 0 Å². The number of thiophene rings is 1. The zero-order chi connectivity index (χ0) is 19.2. The summed E-state index contributed by atoms with van der Waals surface area (Å²) in [6.07, 6.45) is 5.99. The highest BCUT2D eigenvalue weighted by molar-refractivity contribution is 7.99. The van der Waals surface area contributed by atoms with Gasteiger partial charge in [0.1, 0.15) is 4.83 Å². The second-order valence-corrected chi connectivity index (χ2v) is 9.98. The summed E-state index contributed by atoms with van der Waals surface area (Å²) in [7, 11) is 0. The van der Waals surface area contributed by atoms with E-state index in [1.54, 1.807) is 4.57 Å². The predicted octanol–water partition coefficient (Wildman–Crippen LogP) is 3.99. The van der Waals surface area contributed by atoms with E-state index in [9.17, 15) is 9.59 Å². The van der Waals surface area contributed by atoms with Crippen LogP contribution in [0.4, 0.5) is 0 Å².